The van der Waals surface area contributed by atoms with Gasteiger partial charge in [-0.15, -0.1) is 0 Å². The minimum Gasteiger partial charge on any atom is -0.373 e. The molecule has 0 unspecified atom stereocenters. The number of ether oxygens (including phenoxy) is 2. The van der Waals surface area contributed by atoms with E-state index in [0.29, 0.717) is 26.4 Å². The summed E-state index contributed by atoms with van der Waals surface area (Å²) in [6.45, 7) is 2.37. The highest BCUT2D eigenvalue weighted by molar-refractivity contribution is 9.12. The maximum atomic E-state index is 5.78. The second kappa shape index (κ2) is 9.52. The topological polar surface area (TPSA) is 18.5 Å². The van der Waals surface area contributed by atoms with E-state index < -0.39 is 0 Å². The Hall–Kier alpha value is -1.94. The van der Waals surface area contributed by atoms with Crippen LogP contribution in [-0.2, 0) is 9.47 Å². The van der Waals surface area contributed by atoms with Crippen molar-refractivity contribution >= 4 is 28.1 Å². The van der Waals surface area contributed by atoms with Crippen LogP contribution in [0.25, 0.3) is 12.2 Å². The summed E-state index contributed by atoms with van der Waals surface area (Å²) in [7, 11) is 0. The van der Waals surface area contributed by atoms with E-state index in [1.165, 1.54) is 11.1 Å². The molecule has 25 heavy (non-hydrogen) atoms. The number of hydrogen-bond acceptors (Lipinski definition) is 2. The number of rotatable bonds is 6. The molecule has 1 aliphatic rings. The van der Waals surface area contributed by atoms with Gasteiger partial charge in [-0.2, -0.15) is 0 Å². The van der Waals surface area contributed by atoms with Gasteiger partial charge in [-0.05, 0) is 28.3 Å². The van der Waals surface area contributed by atoms with Crippen LogP contribution < -0.4 is 0 Å². The molecule has 128 valence electrons. The van der Waals surface area contributed by atoms with E-state index in [4.69, 9.17) is 9.47 Å². The molecule has 0 saturated heterocycles. The smallest absolute Gasteiger partial charge is 0.0732 e. The zero-order chi connectivity index (χ0) is 17.3. The highest BCUT2D eigenvalue weighted by Gasteiger charge is 2.15. The molecule has 3 rings (SSSR count). The molecule has 2 nitrogen and oxygen atoms in total. The van der Waals surface area contributed by atoms with Crippen molar-refractivity contribution in [3.8, 4) is 0 Å². The van der Waals surface area contributed by atoms with Crippen LogP contribution in [-0.4, -0.2) is 26.4 Å². The third kappa shape index (κ3) is 5.53. The summed E-state index contributed by atoms with van der Waals surface area (Å²) in [5, 5.41) is 0. The molecule has 0 aliphatic carbocycles. The zero-order valence-corrected chi connectivity index (χ0v) is 15.6. The van der Waals surface area contributed by atoms with E-state index in [9.17, 15) is 0 Å². The Kier molecular flexibility index (Phi) is 6.80. The summed E-state index contributed by atoms with van der Waals surface area (Å²) in [4.78, 5) is 0. The molecule has 0 fully saturated rings. The Morgan fingerprint density at radius 3 is 2.32 bits per heavy atom. The van der Waals surface area contributed by atoms with Gasteiger partial charge in [-0.1, -0.05) is 88.7 Å². The second-order valence-electron chi connectivity index (χ2n) is 5.82. The highest BCUT2D eigenvalue weighted by Crippen LogP contribution is 2.28. The summed E-state index contributed by atoms with van der Waals surface area (Å²) in [6, 6.07) is 20.5. The first-order valence-electron chi connectivity index (χ1n) is 8.33. The van der Waals surface area contributed by atoms with Crippen molar-refractivity contribution in [3.63, 3.8) is 0 Å². The Labute approximate surface area is 157 Å². The van der Waals surface area contributed by atoms with Gasteiger partial charge in [0.25, 0.3) is 0 Å². The summed E-state index contributed by atoms with van der Waals surface area (Å²) in [6.07, 6.45) is 6.26. The molecule has 0 aromatic heterocycles. The van der Waals surface area contributed by atoms with E-state index >= 15 is 0 Å². The molecular weight excluding hydrogens is 376 g/mol. The van der Waals surface area contributed by atoms with Crippen LogP contribution in [0.4, 0.5) is 0 Å². The van der Waals surface area contributed by atoms with Crippen LogP contribution in [0.15, 0.2) is 82.4 Å². The lowest BCUT2D eigenvalue weighted by Crippen LogP contribution is -2.15. The summed E-state index contributed by atoms with van der Waals surface area (Å²) >= 11 is 3.72. The molecule has 0 amide bonds. The zero-order valence-electron chi connectivity index (χ0n) is 14.0. The van der Waals surface area contributed by atoms with Crippen molar-refractivity contribution in [1.82, 2.24) is 0 Å². The number of halogens is 1. The molecule has 0 bridgehead atoms. The van der Waals surface area contributed by atoms with Gasteiger partial charge < -0.3 is 9.47 Å². The monoisotopic (exact) mass is 396 g/mol. The van der Waals surface area contributed by atoms with Gasteiger partial charge in [0.2, 0.25) is 0 Å². The van der Waals surface area contributed by atoms with E-state index in [0.717, 1.165) is 15.6 Å². The molecule has 0 spiro atoms. The van der Waals surface area contributed by atoms with Crippen LogP contribution in [0.1, 0.15) is 11.1 Å². The van der Waals surface area contributed by atoms with Gasteiger partial charge in [0.05, 0.1) is 26.4 Å². The van der Waals surface area contributed by atoms with Crippen molar-refractivity contribution < 1.29 is 9.47 Å². The Bertz CT molecular complexity index is 761. The predicted molar refractivity (Wildman–Crippen MR) is 107 cm³/mol. The summed E-state index contributed by atoms with van der Waals surface area (Å²) in [5.41, 5.74) is 4.64. The Morgan fingerprint density at radius 1 is 0.920 bits per heavy atom. The fourth-order valence-corrected chi connectivity index (χ4v) is 3.05. The van der Waals surface area contributed by atoms with E-state index in [1.54, 1.807) is 0 Å². The predicted octanol–water partition coefficient (Wildman–Crippen LogP) is 5.48. The molecule has 2 aromatic carbocycles. The standard InChI is InChI=1S/C22H21BrO2/c23-22-20(14-19-10-5-2-6-11-19)15-25-17-21(22)16-24-13-7-12-18-8-3-1-4-9-18/h1-12,14H,13,15-17H2/b12-7+,20-14+. The summed E-state index contributed by atoms with van der Waals surface area (Å²) in [5.74, 6) is 0. The molecule has 1 aliphatic heterocycles. The van der Waals surface area contributed by atoms with Crippen LogP contribution in [0.2, 0.25) is 0 Å². The van der Waals surface area contributed by atoms with E-state index in [1.807, 2.05) is 42.5 Å². The van der Waals surface area contributed by atoms with E-state index in [2.05, 4.69) is 52.3 Å². The van der Waals surface area contributed by atoms with Gasteiger partial charge in [0, 0.05) is 4.48 Å². The first kappa shape index (κ1) is 17.9. The minimum absolute atomic E-state index is 0.561. The largest absolute Gasteiger partial charge is 0.373 e. The van der Waals surface area contributed by atoms with Crippen molar-refractivity contribution in [2.24, 2.45) is 0 Å². The SMILES string of the molecule is BrC1=C(COC/C=C/c2ccccc2)COC/C1=C\c1ccccc1. The first-order chi connectivity index (χ1) is 12.3. The highest BCUT2D eigenvalue weighted by atomic mass is 79.9. The van der Waals surface area contributed by atoms with Crippen molar-refractivity contribution in [2.45, 2.75) is 0 Å². The van der Waals surface area contributed by atoms with Gasteiger partial charge >= 0.3 is 0 Å². The fraction of sp³-hybridized carbons (Fsp3) is 0.182. The normalized spacial score (nSPS) is 16.8. The molecular formula is C22H21BrO2. The lowest BCUT2D eigenvalue weighted by molar-refractivity contribution is 0.137. The first-order valence-corrected chi connectivity index (χ1v) is 9.13. The average molecular weight is 397 g/mol. The third-order valence-electron chi connectivity index (χ3n) is 3.87. The molecule has 0 atom stereocenters. The van der Waals surface area contributed by atoms with Crippen LogP contribution in [0, 0.1) is 0 Å². The average Bonchev–Trinajstić information content (AvgIpc) is 2.66. The molecule has 3 heteroatoms. The molecule has 1 heterocycles. The lowest BCUT2D eigenvalue weighted by atomic mass is 10.1. The van der Waals surface area contributed by atoms with Gasteiger partial charge in [-0.25, -0.2) is 0 Å². The van der Waals surface area contributed by atoms with Crippen molar-refractivity contribution in [1.29, 1.82) is 0 Å². The van der Waals surface area contributed by atoms with Crippen LogP contribution >= 0.6 is 15.9 Å². The maximum absolute atomic E-state index is 5.78. The van der Waals surface area contributed by atoms with Crippen molar-refractivity contribution in [2.75, 3.05) is 26.4 Å². The second-order valence-corrected chi connectivity index (χ2v) is 6.61. The quantitative estimate of drug-likeness (QED) is 0.601. The van der Waals surface area contributed by atoms with Crippen LogP contribution in [0.5, 0.6) is 0 Å². The van der Waals surface area contributed by atoms with Crippen LogP contribution in [0.3, 0.4) is 0 Å². The fourth-order valence-electron chi connectivity index (χ4n) is 2.60. The van der Waals surface area contributed by atoms with Crippen molar-refractivity contribution in [3.05, 3.63) is 93.5 Å². The summed E-state index contributed by atoms with van der Waals surface area (Å²) < 4.78 is 12.6. The number of hydrogen-bond donors (Lipinski definition) is 0. The third-order valence-corrected chi connectivity index (χ3v) is 4.94. The molecule has 0 saturated carbocycles. The Balaban J connectivity index is 1.57. The minimum atomic E-state index is 0.561. The number of benzene rings is 2. The maximum Gasteiger partial charge on any atom is 0.0732 e. The molecule has 0 N–H and O–H groups in total. The van der Waals surface area contributed by atoms with Gasteiger partial charge in [0.15, 0.2) is 0 Å². The van der Waals surface area contributed by atoms with Gasteiger partial charge in [-0.3, -0.25) is 0 Å². The molecule has 0 radical (unpaired) electrons. The van der Waals surface area contributed by atoms with Gasteiger partial charge in [0.1, 0.15) is 0 Å². The Morgan fingerprint density at radius 2 is 1.60 bits per heavy atom. The lowest BCUT2D eigenvalue weighted by Gasteiger charge is -2.20. The molecule has 2 aromatic rings. The van der Waals surface area contributed by atoms with E-state index in [-0.39, 0.29) is 0 Å².